The van der Waals surface area contributed by atoms with Crippen molar-refractivity contribution in [3.8, 4) is 0 Å². The lowest BCUT2D eigenvalue weighted by Gasteiger charge is -2.31. The number of piperidine rings is 1. The van der Waals surface area contributed by atoms with Crippen molar-refractivity contribution in [1.82, 2.24) is 9.62 Å². The number of carbonyl (C=O) groups excluding carboxylic acids is 1. The van der Waals surface area contributed by atoms with Gasteiger partial charge in [-0.3, -0.25) is 4.79 Å². The summed E-state index contributed by atoms with van der Waals surface area (Å²) in [6, 6.07) is 11.3. The van der Waals surface area contributed by atoms with Gasteiger partial charge < -0.3 is 5.32 Å². The second kappa shape index (κ2) is 8.02. The molecular weight excluding hydrogens is 428 g/mol. The fraction of sp³-hybridized carbons (Fsp3) is 0.476. The van der Waals surface area contributed by atoms with Gasteiger partial charge in [0.15, 0.2) is 0 Å². The minimum Gasteiger partial charge on any atom is -0.355 e. The molecule has 1 aliphatic carbocycles. The van der Waals surface area contributed by atoms with Crippen LogP contribution in [0.4, 0.5) is 0 Å². The molecule has 1 aliphatic heterocycles. The highest BCUT2D eigenvalue weighted by molar-refractivity contribution is 7.91. The van der Waals surface area contributed by atoms with Crippen LogP contribution in [0.1, 0.15) is 36.1 Å². The summed E-state index contributed by atoms with van der Waals surface area (Å²) in [6.45, 7) is 3.20. The maximum Gasteiger partial charge on any atom is 0.252 e. The van der Waals surface area contributed by atoms with Crippen molar-refractivity contribution in [1.29, 1.82) is 0 Å². The quantitative estimate of drug-likeness (QED) is 0.721. The van der Waals surface area contributed by atoms with Crippen LogP contribution in [0, 0.1) is 12.8 Å². The van der Waals surface area contributed by atoms with E-state index in [2.05, 4.69) is 5.32 Å². The fourth-order valence-electron chi connectivity index (χ4n) is 3.98. The first kappa shape index (κ1) is 20.8. The number of nitrogens with zero attached hydrogens (tertiary/aromatic N) is 1. The average molecular weight is 453 g/mol. The average Bonchev–Trinajstić information content (AvgIpc) is 3.38. The number of rotatable bonds is 6. The van der Waals surface area contributed by atoms with E-state index in [1.54, 1.807) is 6.07 Å². The predicted octanol–water partition coefficient (Wildman–Crippen LogP) is 3.96. The molecule has 1 saturated heterocycles. The van der Waals surface area contributed by atoms with Gasteiger partial charge in [-0.05, 0) is 62.4 Å². The SMILES string of the molecule is Cc1ccc(S(=O)(=O)N2CCCC(C(=O)NCC3(c4ccc(Cl)cc4)CC3)C2)s1. The topological polar surface area (TPSA) is 66.5 Å². The molecule has 1 saturated carbocycles. The predicted molar refractivity (Wildman–Crippen MR) is 116 cm³/mol. The number of carbonyl (C=O) groups is 1. The molecule has 2 heterocycles. The minimum absolute atomic E-state index is 0.00479. The Hall–Kier alpha value is -1.41. The molecule has 4 rings (SSSR count). The third kappa shape index (κ3) is 4.38. The van der Waals surface area contributed by atoms with Gasteiger partial charge >= 0.3 is 0 Å². The lowest BCUT2D eigenvalue weighted by Crippen LogP contribution is -2.46. The zero-order valence-corrected chi connectivity index (χ0v) is 18.7. The van der Waals surface area contributed by atoms with Crippen LogP contribution >= 0.6 is 22.9 Å². The van der Waals surface area contributed by atoms with Crippen LogP contribution in [0.3, 0.4) is 0 Å². The highest BCUT2D eigenvalue weighted by atomic mass is 35.5. The van der Waals surface area contributed by atoms with Crippen molar-refractivity contribution >= 4 is 38.9 Å². The second-order valence-corrected chi connectivity index (χ2v) is 12.0. The molecule has 2 aromatic rings. The number of sulfonamides is 1. The number of nitrogens with one attached hydrogen (secondary N) is 1. The first-order valence-corrected chi connectivity index (χ1v) is 12.5. The van der Waals surface area contributed by atoms with Crippen molar-refractivity contribution in [2.45, 2.75) is 42.2 Å². The van der Waals surface area contributed by atoms with Crippen molar-refractivity contribution < 1.29 is 13.2 Å². The lowest BCUT2D eigenvalue weighted by atomic mass is 9.94. The van der Waals surface area contributed by atoms with Crippen LogP contribution in [0.5, 0.6) is 0 Å². The van der Waals surface area contributed by atoms with Crippen molar-refractivity contribution in [2.24, 2.45) is 5.92 Å². The van der Waals surface area contributed by atoms with Crippen molar-refractivity contribution in [2.75, 3.05) is 19.6 Å². The number of hydrogen-bond donors (Lipinski definition) is 1. The van der Waals surface area contributed by atoms with Crippen LogP contribution < -0.4 is 5.32 Å². The van der Waals surface area contributed by atoms with Gasteiger partial charge in [0.25, 0.3) is 10.0 Å². The van der Waals surface area contributed by atoms with E-state index in [0.29, 0.717) is 28.7 Å². The smallest absolute Gasteiger partial charge is 0.252 e. The van der Waals surface area contributed by atoms with Gasteiger partial charge in [-0.15, -0.1) is 11.3 Å². The first-order valence-electron chi connectivity index (χ1n) is 9.91. The Bertz CT molecular complexity index is 997. The van der Waals surface area contributed by atoms with Gasteiger partial charge in [0.1, 0.15) is 4.21 Å². The molecule has 29 heavy (non-hydrogen) atoms. The molecule has 1 atom stereocenters. The largest absolute Gasteiger partial charge is 0.355 e. The van der Waals surface area contributed by atoms with Gasteiger partial charge in [0.2, 0.25) is 5.91 Å². The first-order chi connectivity index (χ1) is 13.8. The minimum atomic E-state index is -3.53. The van der Waals surface area contributed by atoms with E-state index in [1.165, 1.54) is 21.2 Å². The molecule has 0 bridgehead atoms. The molecule has 1 aromatic carbocycles. The molecule has 8 heteroatoms. The Morgan fingerprint density at radius 1 is 1.24 bits per heavy atom. The number of amides is 1. The number of halogens is 1. The van der Waals surface area contributed by atoms with Gasteiger partial charge in [0.05, 0.1) is 5.92 Å². The summed E-state index contributed by atoms with van der Waals surface area (Å²) in [4.78, 5) is 13.8. The Kier molecular flexibility index (Phi) is 5.77. The Morgan fingerprint density at radius 2 is 1.97 bits per heavy atom. The van der Waals surface area contributed by atoms with Gasteiger partial charge in [-0.25, -0.2) is 8.42 Å². The Balaban J connectivity index is 1.38. The summed E-state index contributed by atoms with van der Waals surface area (Å²) in [5, 5.41) is 3.80. The molecule has 0 radical (unpaired) electrons. The summed E-state index contributed by atoms with van der Waals surface area (Å²) in [6.07, 6.45) is 3.49. The zero-order chi connectivity index (χ0) is 20.6. The van der Waals surface area contributed by atoms with E-state index in [1.807, 2.05) is 37.3 Å². The van der Waals surface area contributed by atoms with Gasteiger partial charge in [-0.2, -0.15) is 4.31 Å². The summed E-state index contributed by atoms with van der Waals surface area (Å²) in [7, 11) is -3.53. The lowest BCUT2D eigenvalue weighted by molar-refractivity contribution is -0.126. The Morgan fingerprint density at radius 3 is 2.59 bits per heavy atom. The van der Waals surface area contributed by atoms with Crippen LogP contribution in [-0.2, 0) is 20.2 Å². The molecule has 0 spiro atoms. The maximum atomic E-state index is 12.9. The van der Waals surface area contributed by atoms with E-state index in [-0.39, 0.29) is 23.8 Å². The molecule has 1 unspecified atom stereocenters. The van der Waals surface area contributed by atoms with Crippen LogP contribution in [0.25, 0.3) is 0 Å². The van der Waals surface area contributed by atoms with E-state index in [4.69, 9.17) is 11.6 Å². The summed E-state index contributed by atoms with van der Waals surface area (Å²) >= 11 is 7.26. The number of thiophene rings is 1. The molecule has 1 aromatic heterocycles. The van der Waals surface area contributed by atoms with E-state index in [9.17, 15) is 13.2 Å². The number of aryl methyl sites for hydroxylation is 1. The molecule has 156 valence electrons. The van der Waals surface area contributed by atoms with Gasteiger partial charge in [-0.1, -0.05) is 23.7 Å². The third-order valence-corrected chi connectivity index (χ3v) is 9.56. The molecule has 2 fully saturated rings. The fourth-order valence-corrected chi connectivity index (χ4v) is 7.06. The summed E-state index contributed by atoms with van der Waals surface area (Å²) in [5.41, 5.74) is 1.19. The number of benzene rings is 1. The van der Waals surface area contributed by atoms with Crippen molar-refractivity contribution in [3.63, 3.8) is 0 Å². The maximum absolute atomic E-state index is 12.9. The number of hydrogen-bond acceptors (Lipinski definition) is 4. The van der Waals surface area contributed by atoms with E-state index in [0.717, 1.165) is 24.1 Å². The monoisotopic (exact) mass is 452 g/mol. The normalized spacial score (nSPS) is 21.7. The highest BCUT2D eigenvalue weighted by Crippen LogP contribution is 2.47. The van der Waals surface area contributed by atoms with E-state index < -0.39 is 10.0 Å². The van der Waals surface area contributed by atoms with Crippen molar-refractivity contribution in [3.05, 3.63) is 51.9 Å². The molecule has 5 nitrogen and oxygen atoms in total. The zero-order valence-electron chi connectivity index (χ0n) is 16.4. The molecule has 1 N–H and O–H groups in total. The highest BCUT2D eigenvalue weighted by Gasteiger charge is 2.45. The second-order valence-electron chi connectivity index (χ2n) is 8.07. The molecule has 2 aliphatic rings. The molecule has 1 amide bonds. The van der Waals surface area contributed by atoms with Crippen LogP contribution in [0.2, 0.25) is 5.02 Å². The Labute approximate surface area is 181 Å². The van der Waals surface area contributed by atoms with Gasteiger partial charge in [0, 0.05) is 34.9 Å². The van der Waals surface area contributed by atoms with E-state index >= 15 is 0 Å². The summed E-state index contributed by atoms with van der Waals surface area (Å²) < 4.78 is 27.6. The third-order valence-electron chi connectivity index (χ3n) is 5.98. The standard InChI is InChI=1S/C21H25ClN2O3S2/c1-15-4-9-19(28-15)29(26,27)24-12-2-3-16(13-24)20(25)23-14-21(10-11-21)17-5-7-18(22)8-6-17/h4-9,16H,2-3,10-14H2,1H3,(H,23,25). The van der Waals surface area contributed by atoms with Crippen LogP contribution in [0.15, 0.2) is 40.6 Å². The molecular formula is C21H25ClN2O3S2. The summed E-state index contributed by atoms with van der Waals surface area (Å²) in [5.74, 6) is -0.354. The van der Waals surface area contributed by atoms with Crippen LogP contribution in [-0.4, -0.2) is 38.3 Å².